The second-order valence-electron chi connectivity index (χ2n) is 7.25. The number of fused-ring (bicyclic) bond motifs is 1. The second kappa shape index (κ2) is 6.82. The number of hydrogen-bond acceptors (Lipinski definition) is 4. The summed E-state index contributed by atoms with van der Waals surface area (Å²) in [6.07, 6.45) is -0.159. The Bertz CT molecular complexity index is 1000. The Morgan fingerprint density at radius 2 is 2.00 bits per heavy atom. The third-order valence-corrected chi connectivity index (χ3v) is 5.35. The quantitative estimate of drug-likeness (QED) is 0.550. The molecule has 7 nitrogen and oxygen atoms in total. The van der Waals surface area contributed by atoms with E-state index in [1.165, 1.54) is 12.3 Å². The van der Waals surface area contributed by atoms with Crippen molar-refractivity contribution in [1.82, 2.24) is 24.2 Å². The SMILES string of the molecule is O=C([C@@H]1CCC(F)(F)c2nn(Cc3ccc(Cl)nc3)c(=O)n21)N1CCC(F)(F)C1. The maximum atomic E-state index is 14.4. The van der Waals surface area contributed by atoms with Crippen LogP contribution in [0.2, 0.25) is 5.15 Å². The minimum Gasteiger partial charge on any atom is -0.335 e. The number of halogens is 5. The van der Waals surface area contributed by atoms with Crippen molar-refractivity contribution in [2.24, 2.45) is 0 Å². The zero-order chi connectivity index (χ0) is 21.0. The van der Waals surface area contributed by atoms with Gasteiger partial charge in [-0.2, -0.15) is 8.78 Å². The number of alkyl halides is 4. The van der Waals surface area contributed by atoms with Crippen LogP contribution >= 0.6 is 11.6 Å². The maximum absolute atomic E-state index is 14.4. The Labute approximate surface area is 166 Å². The lowest BCUT2D eigenvalue weighted by molar-refractivity contribution is -0.138. The molecule has 0 aliphatic carbocycles. The summed E-state index contributed by atoms with van der Waals surface area (Å²) >= 11 is 5.71. The van der Waals surface area contributed by atoms with Crippen LogP contribution in [0.5, 0.6) is 0 Å². The summed E-state index contributed by atoms with van der Waals surface area (Å²) in [4.78, 5) is 30.3. The van der Waals surface area contributed by atoms with Crippen LogP contribution in [0.25, 0.3) is 0 Å². The molecule has 1 atom stereocenters. The molecule has 2 aliphatic rings. The fourth-order valence-corrected chi connectivity index (χ4v) is 3.77. The predicted molar refractivity (Wildman–Crippen MR) is 93.1 cm³/mol. The van der Waals surface area contributed by atoms with Crippen molar-refractivity contribution in [3.63, 3.8) is 0 Å². The summed E-state index contributed by atoms with van der Waals surface area (Å²) in [7, 11) is 0. The first-order chi connectivity index (χ1) is 13.6. The Kier molecular flexibility index (Phi) is 4.67. The molecule has 0 saturated carbocycles. The Balaban J connectivity index is 1.69. The van der Waals surface area contributed by atoms with Gasteiger partial charge in [0.15, 0.2) is 0 Å². The van der Waals surface area contributed by atoms with Crippen LogP contribution in [0.15, 0.2) is 23.1 Å². The molecule has 12 heteroatoms. The molecule has 156 valence electrons. The first-order valence-corrected chi connectivity index (χ1v) is 9.30. The van der Waals surface area contributed by atoms with Crippen molar-refractivity contribution in [2.75, 3.05) is 13.1 Å². The molecule has 2 aliphatic heterocycles. The monoisotopic (exact) mass is 433 g/mol. The highest BCUT2D eigenvalue weighted by atomic mass is 35.5. The largest absolute Gasteiger partial charge is 0.347 e. The summed E-state index contributed by atoms with van der Waals surface area (Å²) in [6, 6.07) is 1.75. The van der Waals surface area contributed by atoms with E-state index in [2.05, 4.69) is 10.1 Å². The van der Waals surface area contributed by atoms with Gasteiger partial charge in [-0.05, 0) is 18.1 Å². The second-order valence-corrected chi connectivity index (χ2v) is 7.63. The molecule has 1 saturated heterocycles. The molecule has 1 amide bonds. The van der Waals surface area contributed by atoms with E-state index in [9.17, 15) is 27.2 Å². The van der Waals surface area contributed by atoms with Crippen molar-refractivity contribution in [2.45, 2.75) is 43.7 Å². The molecular formula is C17H16ClF4N5O2. The smallest absolute Gasteiger partial charge is 0.335 e. The van der Waals surface area contributed by atoms with Gasteiger partial charge in [0.25, 0.3) is 5.92 Å². The molecule has 29 heavy (non-hydrogen) atoms. The fraction of sp³-hybridized carbons (Fsp3) is 0.529. The van der Waals surface area contributed by atoms with Gasteiger partial charge in [0, 0.05) is 25.6 Å². The summed E-state index contributed by atoms with van der Waals surface area (Å²) in [5.74, 6) is -8.03. The average Bonchev–Trinajstić information content (AvgIpc) is 3.18. The van der Waals surface area contributed by atoms with Gasteiger partial charge >= 0.3 is 11.6 Å². The molecule has 2 aromatic heterocycles. The van der Waals surface area contributed by atoms with E-state index in [1.54, 1.807) is 6.07 Å². The number of hydrogen-bond donors (Lipinski definition) is 0. The van der Waals surface area contributed by atoms with E-state index in [0.29, 0.717) is 10.1 Å². The lowest BCUT2D eigenvalue weighted by Crippen LogP contribution is -2.44. The van der Waals surface area contributed by atoms with Gasteiger partial charge in [0.05, 0.1) is 13.1 Å². The van der Waals surface area contributed by atoms with Crippen LogP contribution in [0, 0.1) is 0 Å². The highest BCUT2D eigenvalue weighted by molar-refractivity contribution is 6.29. The number of rotatable bonds is 3. The molecule has 0 spiro atoms. The van der Waals surface area contributed by atoms with Crippen LogP contribution in [0.3, 0.4) is 0 Å². The summed E-state index contributed by atoms with van der Waals surface area (Å²) in [5.41, 5.74) is -0.407. The van der Waals surface area contributed by atoms with Crippen LogP contribution in [0.1, 0.15) is 36.7 Å². The van der Waals surface area contributed by atoms with E-state index in [4.69, 9.17) is 11.6 Å². The first kappa shape index (κ1) is 19.9. The Hall–Kier alpha value is -2.43. The molecule has 0 N–H and O–H groups in total. The van der Waals surface area contributed by atoms with Crippen molar-refractivity contribution in [1.29, 1.82) is 0 Å². The molecule has 0 unspecified atom stereocenters. The molecule has 0 bridgehead atoms. The molecule has 4 heterocycles. The molecule has 0 radical (unpaired) electrons. The van der Waals surface area contributed by atoms with Gasteiger partial charge in [-0.3, -0.25) is 9.36 Å². The van der Waals surface area contributed by atoms with Gasteiger partial charge in [-0.1, -0.05) is 17.7 Å². The summed E-state index contributed by atoms with van der Waals surface area (Å²) in [6.45, 7) is -1.12. The van der Waals surface area contributed by atoms with Crippen molar-refractivity contribution in [3.05, 3.63) is 45.4 Å². The van der Waals surface area contributed by atoms with Gasteiger partial charge in [-0.15, -0.1) is 5.10 Å². The van der Waals surface area contributed by atoms with Gasteiger partial charge in [0.1, 0.15) is 11.2 Å². The molecule has 2 aromatic rings. The lowest BCUT2D eigenvalue weighted by Gasteiger charge is -2.30. The summed E-state index contributed by atoms with van der Waals surface area (Å²) in [5, 5.41) is 3.97. The van der Waals surface area contributed by atoms with E-state index in [0.717, 1.165) is 9.58 Å². The van der Waals surface area contributed by atoms with Crippen LogP contribution < -0.4 is 5.69 Å². The van der Waals surface area contributed by atoms with Crippen LogP contribution in [-0.4, -0.2) is 49.2 Å². The number of pyridine rings is 1. The summed E-state index contributed by atoms with van der Waals surface area (Å²) < 4.78 is 57.2. The minimum atomic E-state index is -3.41. The van der Waals surface area contributed by atoms with Crippen LogP contribution in [0.4, 0.5) is 17.6 Å². The highest BCUT2D eigenvalue weighted by Gasteiger charge is 2.49. The van der Waals surface area contributed by atoms with E-state index in [1.807, 2.05) is 0 Å². The average molecular weight is 434 g/mol. The number of nitrogens with zero attached hydrogens (tertiary/aromatic N) is 5. The zero-order valence-corrected chi connectivity index (χ0v) is 15.8. The molecule has 4 rings (SSSR count). The number of aromatic nitrogens is 4. The number of likely N-dealkylation sites (tertiary alicyclic amines) is 1. The standard InChI is InChI=1S/C17H16ClF4N5O2/c18-12-2-1-10(7-23-12)8-26-15(29)27-11(3-4-17(21,22)14(27)24-26)13(28)25-6-5-16(19,20)9-25/h1-2,7,11H,3-6,8-9H2/t11-/m0/s1. The van der Waals surface area contributed by atoms with Gasteiger partial charge in [0.2, 0.25) is 11.7 Å². The third kappa shape index (κ3) is 3.63. The fourth-order valence-electron chi connectivity index (χ4n) is 3.65. The Morgan fingerprint density at radius 3 is 2.62 bits per heavy atom. The van der Waals surface area contributed by atoms with Crippen molar-refractivity contribution >= 4 is 17.5 Å². The normalized spacial score (nSPS) is 22.5. The Morgan fingerprint density at radius 1 is 1.24 bits per heavy atom. The number of carbonyl (C=O) groups excluding carboxylic acids is 1. The molecular weight excluding hydrogens is 418 g/mol. The molecule has 0 aromatic carbocycles. The van der Waals surface area contributed by atoms with Crippen molar-refractivity contribution in [3.8, 4) is 0 Å². The predicted octanol–water partition coefficient (Wildman–Crippen LogP) is 2.44. The van der Waals surface area contributed by atoms with Crippen molar-refractivity contribution < 1.29 is 22.4 Å². The topological polar surface area (TPSA) is 73.0 Å². The highest BCUT2D eigenvalue weighted by Crippen LogP contribution is 2.40. The molecule has 1 fully saturated rings. The third-order valence-electron chi connectivity index (χ3n) is 5.13. The number of amides is 1. The van der Waals surface area contributed by atoms with Gasteiger partial charge < -0.3 is 4.90 Å². The lowest BCUT2D eigenvalue weighted by atomic mass is 10.0. The minimum absolute atomic E-state index is 0.151. The van der Waals surface area contributed by atoms with E-state index < -0.39 is 54.7 Å². The van der Waals surface area contributed by atoms with E-state index in [-0.39, 0.29) is 24.7 Å². The first-order valence-electron chi connectivity index (χ1n) is 8.92. The maximum Gasteiger partial charge on any atom is 0.347 e. The van der Waals surface area contributed by atoms with Crippen LogP contribution in [-0.2, 0) is 17.3 Å². The van der Waals surface area contributed by atoms with E-state index >= 15 is 0 Å². The zero-order valence-electron chi connectivity index (χ0n) is 15.0. The number of carbonyl (C=O) groups is 1. The van der Waals surface area contributed by atoms with Gasteiger partial charge in [-0.25, -0.2) is 23.2 Å².